The Labute approximate surface area is 159 Å². The van der Waals surface area contributed by atoms with Crippen molar-refractivity contribution in [1.82, 2.24) is 9.55 Å². The molecule has 0 atom stereocenters. The van der Waals surface area contributed by atoms with Crippen LogP contribution in [0.15, 0.2) is 29.2 Å². The molecule has 0 spiro atoms. The first-order valence-corrected chi connectivity index (χ1v) is 8.16. The molecule has 0 aliphatic heterocycles. The molecule has 0 aliphatic rings. The number of aromatic nitrogens is 2. The van der Waals surface area contributed by atoms with E-state index in [0.29, 0.717) is 28.0 Å². The lowest BCUT2D eigenvalue weighted by molar-refractivity contribution is 0.395. The molecule has 3 aromatic rings. The van der Waals surface area contributed by atoms with Crippen LogP contribution < -0.4 is 15.0 Å². The molecule has 0 saturated heterocycles. The summed E-state index contributed by atoms with van der Waals surface area (Å²) >= 11 is 12.9. The zero-order valence-corrected chi connectivity index (χ0v) is 15.6. The summed E-state index contributed by atoms with van der Waals surface area (Å²) in [5.41, 5.74) is 0.867. The molecule has 0 saturated carbocycles. The number of ether oxygens (including phenoxy) is 2. The SMILES string of the molecule is [C-]#[N+]c1cc2c(cn1)cc(-c1c(Cl)c(OC)cc(OC)c1Cl)c(=O)n2C. The van der Waals surface area contributed by atoms with Crippen molar-refractivity contribution in [2.75, 3.05) is 14.2 Å². The number of halogens is 2. The van der Waals surface area contributed by atoms with E-state index in [1.54, 1.807) is 25.2 Å². The van der Waals surface area contributed by atoms with Gasteiger partial charge in [-0.3, -0.25) is 4.79 Å². The molecule has 1 aromatic carbocycles. The number of hydrogen-bond donors (Lipinski definition) is 0. The van der Waals surface area contributed by atoms with Gasteiger partial charge in [-0.2, -0.15) is 0 Å². The second-order valence-corrected chi connectivity index (χ2v) is 6.18. The number of fused-ring (bicyclic) bond motifs is 1. The molecular formula is C18H13Cl2N3O3. The van der Waals surface area contributed by atoms with Crippen molar-refractivity contribution in [3.8, 4) is 22.6 Å². The summed E-state index contributed by atoms with van der Waals surface area (Å²) in [5, 5.41) is 1.09. The largest absolute Gasteiger partial charge is 0.495 e. The second kappa shape index (κ2) is 6.87. The molecule has 0 unspecified atom stereocenters. The van der Waals surface area contributed by atoms with Crippen molar-refractivity contribution in [3.05, 3.63) is 56.2 Å². The third kappa shape index (κ3) is 2.75. The molecule has 0 bridgehead atoms. The van der Waals surface area contributed by atoms with E-state index in [1.807, 2.05) is 0 Å². The van der Waals surface area contributed by atoms with E-state index in [-0.39, 0.29) is 27.0 Å². The minimum absolute atomic E-state index is 0.208. The van der Waals surface area contributed by atoms with E-state index >= 15 is 0 Å². The molecule has 0 radical (unpaired) electrons. The average molecular weight is 390 g/mol. The Hall–Kier alpha value is -2.75. The molecule has 6 nitrogen and oxygen atoms in total. The van der Waals surface area contributed by atoms with E-state index in [0.717, 1.165) is 0 Å². The monoisotopic (exact) mass is 389 g/mol. The van der Waals surface area contributed by atoms with Crippen LogP contribution in [0, 0.1) is 6.57 Å². The van der Waals surface area contributed by atoms with Gasteiger partial charge in [0.25, 0.3) is 11.4 Å². The summed E-state index contributed by atoms with van der Waals surface area (Å²) in [7, 11) is 4.54. The van der Waals surface area contributed by atoms with Crippen molar-refractivity contribution in [1.29, 1.82) is 0 Å². The van der Waals surface area contributed by atoms with Crippen LogP contribution in [0.2, 0.25) is 10.0 Å². The first-order valence-electron chi connectivity index (χ1n) is 7.40. The number of pyridine rings is 2. The van der Waals surface area contributed by atoms with Gasteiger partial charge in [-0.15, -0.1) is 4.98 Å². The summed E-state index contributed by atoms with van der Waals surface area (Å²) in [6.07, 6.45) is 1.53. The Morgan fingerprint density at radius 2 is 1.73 bits per heavy atom. The molecule has 2 heterocycles. The predicted octanol–water partition coefficient (Wildman–Crippen LogP) is 4.48. The van der Waals surface area contributed by atoms with Crippen LogP contribution in [0.25, 0.3) is 26.9 Å². The van der Waals surface area contributed by atoms with Gasteiger partial charge in [-0.1, -0.05) is 29.8 Å². The Morgan fingerprint density at radius 3 is 2.27 bits per heavy atom. The molecule has 0 aliphatic carbocycles. The highest BCUT2D eigenvalue weighted by molar-refractivity contribution is 6.41. The van der Waals surface area contributed by atoms with E-state index in [1.165, 1.54) is 25.0 Å². The smallest absolute Gasteiger partial charge is 0.271 e. The maximum Gasteiger partial charge on any atom is 0.271 e. The molecule has 0 fully saturated rings. The van der Waals surface area contributed by atoms with Gasteiger partial charge in [0, 0.05) is 29.6 Å². The van der Waals surface area contributed by atoms with Crippen LogP contribution in [0.3, 0.4) is 0 Å². The van der Waals surface area contributed by atoms with Crippen molar-refractivity contribution in [2.24, 2.45) is 7.05 Å². The zero-order chi connectivity index (χ0) is 19.0. The molecule has 3 rings (SSSR count). The minimum Gasteiger partial charge on any atom is -0.495 e. The Balaban J connectivity index is 2.42. The molecule has 0 N–H and O–H groups in total. The summed E-state index contributed by atoms with van der Waals surface area (Å²) in [5.74, 6) is 0.887. The molecule has 2 aromatic heterocycles. The van der Waals surface area contributed by atoms with Gasteiger partial charge >= 0.3 is 0 Å². The second-order valence-electron chi connectivity index (χ2n) is 5.42. The van der Waals surface area contributed by atoms with Crippen molar-refractivity contribution in [2.45, 2.75) is 0 Å². The van der Waals surface area contributed by atoms with E-state index in [4.69, 9.17) is 39.2 Å². The van der Waals surface area contributed by atoms with Gasteiger partial charge in [0.2, 0.25) is 0 Å². The van der Waals surface area contributed by atoms with Gasteiger partial charge in [0.1, 0.15) is 17.7 Å². The first kappa shape index (κ1) is 18.1. The van der Waals surface area contributed by atoms with Crippen molar-refractivity contribution >= 4 is 39.9 Å². The maximum atomic E-state index is 13.0. The fraction of sp³-hybridized carbons (Fsp3) is 0.167. The van der Waals surface area contributed by atoms with Crippen LogP contribution in [0.1, 0.15) is 0 Å². The number of rotatable bonds is 3. The zero-order valence-electron chi connectivity index (χ0n) is 14.1. The number of aryl methyl sites for hydroxylation is 1. The number of nitrogens with zero attached hydrogens (tertiary/aromatic N) is 3. The number of hydrogen-bond acceptors (Lipinski definition) is 4. The minimum atomic E-state index is -0.321. The standard InChI is InChI=1S/C18H13Cl2N3O3/c1-21-14-6-11-9(8-22-14)5-10(18(24)23(11)2)15-16(19)12(25-3)7-13(26-4)17(15)20/h5-8H,2-4H3. The maximum absolute atomic E-state index is 13.0. The first-order chi connectivity index (χ1) is 12.4. The lowest BCUT2D eigenvalue weighted by Gasteiger charge is -2.15. The van der Waals surface area contributed by atoms with Crippen LogP contribution in [-0.2, 0) is 7.05 Å². The van der Waals surface area contributed by atoms with Crippen molar-refractivity contribution in [3.63, 3.8) is 0 Å². The summed E-state index contributed by atoms with van der Waals surface area (Å²) < 4.78 is 12.0. The fourth-order valence-electron chi connectivity index (χ4n) is 2.72. The van der Waals surface area contributed by atoms with E-state index in [2.05, 4.69) is 9.83 Å². The highest BCUT2D eigenvalue weighted by Gasteiger charge is 2.22. The fourth-order valence-corrected chi connectivity index (χ4v) is 3.42. The molecular weight excluding hydrogens is 377 g/mol. The summed E-state index contributed by atoms with van der Waals surface area (Å²) in [6, 6.07) is 4.76. The van der Waals surface area contributed by atoms with Crippen LogP contribution in [0.4, 0.5) is 5.82 Å². The average Bonchev–Trinajstić information content (AvgIpc) is 2.65. The van der Waals surface area contributed by atoms with Crippen LogP contribution >= 0.6 is 23.2 Å². The molecule has 0 amide bonds. The lowest BCUT2D eigenvalue weighted by atomic mass is 10.0. The Kier molecular flexibility index (Phi) is 4.77. The third-order valence-electron chi connectivity index (χ3n) is 4.05. The topological polar surface area (TPSA) is 57.7 Å². The quantitative estimate of drug-likeness (QED) is 0.619. The van der Waals surface area contributed by atoms with E-state index < -0.39 is 0 Å². The van der Waals surface area contributed by atoms with Gasteiger partial charge in [0.05, 0.1) is 29.8 Å². The molecule has 132 valence electrons. The molecule has 8 heteroatoms. The number of benzene rings is 1. The third-order valence-corrected chi connectivity index (χ3v) is 4.80. The molecule has 26 heavy (non-hydrogen) atoms. The predicted molar refractivity (Wildman–Crippen MR) is 102 cm³/mol. The number of methoxy groups -OCH3 is 2. The van der Waals surface area contributed by atoms with Crippen LogP contribution in [-0.4, -0.2) is 23.8 Å². The lowest BCUT2D eigenvalue weighted by Crippen LogP contribution is -2.19. The Bertz CT molecular complexity index is 1110. The summed E-state index contributed by atoms with van der Waals surface area (Å²) in [4.78, 5) is 20.3. The van der Waals surface area contributed by atoms with E-state index in [9.17, 15) is 4.79 Å². The van der Waals surface area contributed by atoms with Gasteiger partial charge in [-0.05, 0) is 12.1 Å². The summed E-state index contributed by atoms with van der Waals surface area (Å²) in [6.45, 7) is 7.08. The highest BCUT2D eigenvalue weighted by atomic mass is 35.5. The van der Waals surface area contributed by atoms with Gasteiger partial charge < -0.3 is 18.9 Å². The Morgan fingerprint density at radius 1 is 1.12 bits per heavy atom. The normalized spacial score (nSPS) is 10.6. The highest BCUT2D eigenvalue weighted by Crippen LogP contribution is 2.45. The van der Waals surface area contributed by atoms with Crippen molar-refractivity contribution < 1.29 is 9.47 Å². The van der Waals surface area contributed by atoms with Crippen LogP contribution in [0.5, 0.6) is 11.5 Å². The van der Waals surface area contributed by atoms with Gasteiger partial charge in [0.15, 0.2) is 0 Å². The van der Waals surface area contributed by atoms with Gasteiger partial charge in [-0.25, -0.2) is 0 Å².